The molecule has 2 aliphatic heterocycles. The van der Waals surface area contributed by atoms with Crippen molar-refractivity contribution in [1.29, 1.82) is 0 Å². The molecule has 24 heavy (non-hydrogen) atoms. The molecule has 0 spiro atoms. The first-order chi connectivity index (χ1) is 11.4. The third kappa shape index (κ3) is 3.90. The Hall–Kier alpha value is -0.760. The Morgan fingerprint density at radius 2 is 1.96 bits per heavy atom. The fourth-order valence-corrected chi connectivity index (χ4v) is 5.72. The molecule has 0 saturated carbocycles. The van der Waals surface area contributed by atoms with E-state index in [1.165, 1.54) is 0 Å². The fraction of sp³-hybridized carbons (Fsp3) is 0.562. The molecule has 1 atom stereocenters. The number of nitrogens with zero attached hydrogens (tertiary/aromatic N) is 2. The molecule has 132 valence electrons. The second-order valence-electron chi connectivity index (χ2n) is 6.23. The average Bonchev–Trinajstić information content (AvgIpc) is 2.95. The molecule has 2 heterocycles. The van der Waals surface area contributed by atoms with Crippen LogP contribution < -0.4 is 0 Å². The van der Waals surface area contributed by atoms with Crippen molar-refractivity contribution in [2.75, 3.05) is 43.9 Å². The number of sulfone groups is 1. The van der Waals surface area contributed by atoms with Gasteiger partial charge in [-0.3, -0.25) is 9.69 Å². The minimum Gasteiger partial charge on any atom is -0.336 e. The summed E-state index contributed by atoms with van der Waals surface area (Å²) >= 11 is 7.78. The van der Waals surface area contributed by atoms with Gasteiger partial charge in [0.05, 0.1) is 22.1 Å². The summed E-state index contributed by atoms with van der Waals surface area (Å²) < 4.78 is 23.3. The van der Waals surface area contributed by atoms with Gasteiger partial charge in [-0.25, -0.2) is 8.42 Å². The van der Waals surface area contributed by atoms with Gasteiger partial charge < -0.3 is 4.90 Å². The van der Waals surface area contributed by atoms with Gasteiger partial charge in [0.15, 0.2) is 9.84 Å². The zero-order valence-corrected chi connectivity index (χ0v) is 16.0. The van der Waals surface area contributed by atoms with Crippen LogP contribution in [0, 0.1) is 0 Å². The Morgan fingerprint density at radius 3 is 2.54 bits per heavy atom. The highest BCUT2D eigenvalue weighted by Gasteiger charge is 2.34. The molecule has 0 aliphatic carbocycles. The molecule has 0 N–H and O–H groups in total. The number of carbonyl (C=O) groups is 1. The van der Waals surface area contributed by atoms with Crippen molar-refractivity contribution >= 4 is 39.1 Å². The highest BCUT2D eigenvalue weighted by Crippen LogP contribution is 2.25. The van der Waals surface area contributed by atoms with Crippen LogP contribution >= 0.6 is 23.4 Å². The van der Waals surface area contributed by atoms with Gasteiger partial charge in [0.25, 0.3) is 5.91 Å². The Balaban J connectivity index is 1.63. The Labute approximate surface area is 152 Å². The minimum absolute atomic E-state index is 0.0467. The number of halogens is 1. The van der Waals surface area contributed by atoms with E-state index in [-0.39, 0.29) is 23.5 Å². The van der Waals surface area contributed by atoms with Crippen LogP contribution in [-0.2, 0) is 9.84 Å². The monoisotopic (exact) mass is 388 g/mol. The van der Waals surface area contributed by atoms with E-state index < -0.39 is 9.84 Å². The average molecular weight is 389 g/mol. The second kappa shape index (κ2) is 7.23. The summed E-state index contributed by atoms with van der Waals surface area (Å²) in [4.78, 5) is 17.8. The molecule has 2 fully saturated rings. The van der Waals surface area contributed by atoms with Crippen LogP contribution in [0.5, 0.6) is 0 Å². The van der Waals surface area contributed by atoms with Crippen molar-refractivity contribution in [2.45, 2.75) is 17.4 Å². The van der Waals surface area contributed by atoms with E-state index in [9.17, 15) is 13.2 Å². The number of rotatable bonds is 3. The molecule has 2 saturated heterocycles. The first-order valence-electron chi connectivity index (χ1n) is 7.97. The molecule has 5 nitrogen and oxygen atoms in total. The first kappa shape index (κ1) is 18.0. The number of piperazine rings is 1. The zero-order valence-electron chi connectivity index (χ0n) is 13.6. The molecule has 0 bridgehead atoms. The van der Waals surface area contributed by atoms with E-state index in [1.54, 1.807) is 17.8 Å². The summed E-state index contributed by atoms with van der Waals surface area (Å²) in [7, 11) is -2.87. The van der Waals surface area contributed by atoms with E-state index in [0.717, 1.165) is 4.90 Å². The maximum Gasteiger partial charge on any atom is 0.255 e. The molecule has 3 rings (SSSR count). The van der Waals surface area contributed by atoms with Gasteiger partial charge in [-0.15, -0.1) is 11.8 Å². The minimum atomic E-state index is -2.87. The zero-order chi connectivity index (χ0) is 17.3. The van der Waals surface area contributed by atoms with Crippen LogP contribution in [0.1, 0.15) is 16.8 Å². The normalized spacial score (nSPS) is 24.2. The lowest BCUT2D eigenvalue weighted by atomic mass is 10.1. The molecule has 1 amide bonds. The van der Waals surface area contributed by atoms with Crippen LogP contribution in [-0.4, -0.2) is 74.1 Å². The molecule has 0 radical (unpaired) electrons. The summed E-state index contributed by atoms with van der Waals surface area (Å²) in [6, 6.07) is 5.61. The van der Waals surface area contributed by atoms with Gasteiger partial charge in [-0.1, -0.05) is 11.6 Å². The van der Waals surface area contributed by atoms with Crippen molar-refractivity contribution < 1.29 is 13.2 Å². The van der Waals surface area contributed by atoms with Gasteiger partial charge in [0.1, 0.15) is 0 Å². The predicted octanol–water partition coefficient (Wildman–Crippen LogP) is 2.01. The highest BCUT2D eigenvalue weighted by molar-refractivity contribution is 7.98. The lowest BCUT2D eigenvalue weighted by Gasteiger charge is -2.37. The van der Waals surface area contributed by atoms with Gasteiger partial charge >= 0.3 is 0 Å². The molecule has 1 aromatic carbocycles. The van der Waals surface area contributed by atoms with E-state index >= 15 is 0 Å². The van der Waals surface area contributed by atoms with E-state index in [1.807, 2.05) is 23.3 Å². The maximum atomic E-state index is 12.7. The predicted molar refractivity (Wildman–Crippen MR) is 97.8 cm³/mol. The Morgan fingerprint density at radius 1 is 1.25 bits per heavy atom. The molecule has 2 aliphatic rings. The number of benzene rings is 1. The van der Waals surface area contributed by atoms with Crippen molar-refractivity contribution in [3.05, 3.63) is 28.8 Å². The molecule has 0 aromatic heterocycles. The molecule has 8 heteroatoms. The summed E-state index contributed by atoms with van der Waals surface area (Å²) in [6.45, 7) is 2.64. The van der Waals surface area contributed by atoms with Crippen LogP contribution in [0.15, 0.2) is 23.1 Å². The number of amides is 1. The smallest absolute Gasteiger partial charge is 0.255 e. The van der Waals surface area contributed by atoms with Crippen LogP contribution in [0.4, 0.5) is 0 Å². The SMILES string of the molecule is CSc1ccc(Cl)c(C(=O)N2CCN(C3CCS(=O)(=O)C3)CC2)c1. The van der Waals surface area contributed by atoms with Crippen molar-refractivity contribution in [3.8, 4) is 0 Å². The molecular formula is C16H21ClN2O3S2. The van der Waals surface area contributed by atoms with E-state index in [2.05, 4.69) is 4.90 Å². The van der Waals surface area contributed by atoms with E-state index in [0.29, 0.717) is 43.2 Å². The lowest BCUT2D eigenvalue weighted by Crippen LogP contribution is -2.52. The number of thioether (sulfide) groups is 1. The Bertz CT molecular complexity index is 731. The largest absolute Gasteiger partial charge is 0.336 e. The van der Waals surface area contributed by atoms with Crippen LogP contribution in [0.2, 0.25) is 5.02 Å². The molecule has 1 unspecified atom stereocenters. The van der Waals surface area contributed by atoms with Gasteiger partial charge in [-0.2, -0.15) is 0 Å². The Kier molecular flexibility index (Phi) is 5.44. The lowest BCUT2D eigenvalue weighted by molar-refractivity contribution is 0.0587. The number of hydrogen-bond acceptors (Lipinski definition) is 5. The van der Waals surface area contributed by atoms with Gasteiger partial charge in [0, 0.05) is 37.1 Å². The molecule has 1 aromatic rings. The first-order valence-corrected chi connectivity index (χ1v) is 11.4. The summed E-state index contributed by atoms with van der Waals surface area (Å²) in [5.41, 5.74) is 0.542. The van der Waals surface area contributed by atoms with Crippen LogP contribution in [0.25, 0.3) is 0 Å². The quantitative estimate of drug-likeness (QED) is 0.741. The topological polar surface area (TPSA) is 57.7 Å². The van der Waals surface area contributed by atoms with Crippen LogP contribution in [0.3, 0.4) is 0 Å². The fourth-order valence-electron chi connectivity index (χ4n) is 3.32. The number of carbonyl (C=O) groups excluding carboxylic acids is 1. The third-order valence-electron chi connectivity index (χ3n) is 4.73. The summed E-state index contributed by atoms with van der Waals surface area (Å²) in [6.07, 6.45) is 2.67. The van der Waals surface area contributed by atoms with E-state index in [4.69, 9.17) is 11.6 Å². The molecular weight excluding hydrogens is 368 g/mol. The van der Waals surface area contributed by atoms with Crippen molar-refractivity contribution in [3.63, 3.8) is 0 Å². The second-order valence-corrected chi connectivity index (χ2v) is 9.75. The standard InChI is InChI=1S/C16H21ClN2O3S2/c1-23-13-2-3-15(17)14(10-13)16(20)19-7-5-18(6-8-19)12-4-9-24(21,22)11-12/h2-3,10,12H,4-9,11H2,1H3. The summed E-state index contributed by atoms with van der Waals surface area (Å²) in [5.74, 6) is 0.491. The van der Waals surface area contributed by atoms with Gasteiger partial charge in [0.2, 0.25) is 0 Å². The van der Waals surface area contributed by atoms with Gasteiger partial charge in [-0.05, 0) is 30.9 Å². The summed E-state index contributed by atoms with van der Waals surface area (Å²) in [5, 5.41) is 0.474. The van der Waals surface area contributed by atoms with Crippen molar-refractivity contribution in [2.24, 2.45) is 0 Å². The maximum absolute atomic E-state index is 12.7. The van der Waals surface area contributed by atoms with Crippen molar-refractivity contribution in [1.82, 2.24) is 9.80 Å². The number of hydrogen-bond donors (Lipinski definition) is 0. The third-order valence-corrected chi connectivity index (χ3v) is 7.54. The highest BCUT2D eigenvalue weighted by atomic mass is 35.5.